The van der Waals surface area contributed by atoms with Gasteiger partial charge in [0.25, 0.3) is 0 Å². The van der Waals surface area contributed by atoms with Gasteiger partial charge in [-0.2, -0.15) is 9.49 Å². The van der Waals surface area contributed by atoms with Crippen LogP contribution in [0.2, 0.25) is 0 Å². The first-order chi connectivity index (χ1) is 14.8. The van der Waals surface area contributed by atoms with Crippen molar-refractivity contribution in [1.29, 1.82) is 0 Å². The predicted octanol–water partition coefficient (Wildman–Crippen LogP) is 5.43. The number of aromatic amines is 2. The average Bonchev–Trinajstić information content (AvgIpc) is 3.51. The number of aromatic nitrogens is 6. The molecule has 0 aliphatic carbocycles. The Kier molecular flexibility index (Phi) is 3.72. The number of thiophene rings is 1. The second-order valence-corrected chi connectivity index (χ2v) is 7.83. The largest absolute Gasteiger partial charge is 0.321 e. The van der Waals surface area contributed by atoms with E-state index in [2.05, 4.69) is 25.1 Å². The lowest BCUT2D eigenvalue weighted by molar-refractivity contribution is 0.657. The maximum Gasteiger partial charge on any atom is 0.176 e. The van der Waals surface area contributed by atoms with Gasteiger partial charge in [-0.15, -0.1) is 11.3 Å². The summed E-state index contributed by atoms with van der Waals surface area (Å²) in [5.74, 6) is 0.603. The van der Waals surface area contributed by atoms with E-state index in [4.69, 9.17) is 4.98 Å². The maximum atomic E-state index is 13.5. The molecule has 144 valence electrons. The number of rotatable bonds is 3. The second-order valence-electron chi connectivity index (χ2n) is 6.79. The van der Waals surface area contributed by atoms with Gasteiger partial charge in [0.2, 0.25) is 0 Å². The van der Waals surface area contributed by atoms with Crippen LogP contribution in [0.25, 0.3) is 55.3 Å². The highest BCUT2D eigenvalue weighted by atomic mass is 32.1. The molecule has 0 spiro atoms. The molecule has 8 heteroatoms. The Labute approximate surface area is 173 Å². The van der Waals surface area contributed by atoms with E-state index in [0.717, 1.165) is 43.9 Å². The van der Waals surface area contributed by atoms with Crippen LogP contribution in [0.4, 0.5) is 4.39 Å². The third-order valence-electron chi connectivity index (χ3n) is 4.97. The Morgan fingerprint density at radius 3 is 2.73 bits per heavy atom. The molecule has 5 heterocycles. The van der Waals surface area contributed by atoms with Gasteiger partial charge >= 0.3 is 0 Å². The number of H-pyrrole nitrogens is 2. The molecule has 0 saturated carbocycles. The molecule has 6 rings (SSSR count). The molecule has 0 saturated heterocycles. The first-order valence-electron chi connectivity index (χ1n) is 9.26. The molecule has 0 bridgehead atoms. The van der Waals surface area contributed by atoms with Crippen molar-refractivity contribution in [3.63, 3.8) is 0 Å². The monoisotopic (exact) mass is 412 g/mol. The lowest BCUT2D eigenvalue weighted by Gasteiger charge is -2.01. The summed E-state index contributed by atoms with van der Waals surface area (Å²) < 4.78 is 13.5. The Balaban J connectivity index is 1.52. The molecule has 0 aliphatic rings. The summed E-state index contributed by atoms with van der Waals surface area (Å²) in [6.07, 6.45) is 3.47. The minimum absolute atomic E-state index is 0.230. The average molecular weight is 412 g/mol. The fourth-order valence-corrected chi connectivity index (χ4v) is 4.32. The van der Waals surface area contributed by atoms with Crippen LogP contribution in [-0.2, 0) is 0 Å². The molecule has 0 aliphatic heterocycles. The van der Waals surface area contributed by atoms with Crippen molar-refractivity contribution in [2.24, 2.45) is 0 Å². The molecule has 30 heavy (non-hydrogen) atoms. The molecule has 0 fully saturated rings. The number of pyridine rings is 2. The number of imidazole rings is 1. The highest BCUT2D eigenvalue weighted by Crippen LogP contribution is 2.34. The SMILES string of the molecule is Fc1ccc(-c2ccnc3[nH]c(-c4n[nH]c5ccc(-c6ccccn6)cc45)nc23)s1. The summed E-state index contributed by atoms with van der Waals surface area (Å²) in [6, 6.07) is 16.9. The van der Waals surface area contributed by atoms with E-state index in [1.54, 1.807) is 18.5 Å². The molecule has 5 aromatic heterocycles. The number of halogens is 1. The summed E-state index contributed by atoms with van der Waals surface area (Å²) in [6.45, 7) is 0. The second kappa shape index (κ2) is 6.57. The minimum Gasteiger partial charge on any atom is -0.321 e. The van der Waals surface area contributed by atoms with Crippen molar-refractivity contribution in [3.05, 3.63) is 72.1 Å². The van der Waals surface area contributed by atoms with Crippen LogP contribution in [0, 0.1) is 5.13 Å². The van der Waals surface area contributed by atoms with Crippen molar-refractivity contribution in [2.45, 2.75) is 0 Å². The molecular formula is C22H13FN6S. The van der Waals surface area contributed by atoms with Crippen molar-refractivity contribution in [2.75, 3.05) is 0 Å². The number of fused-ring (bicyclic) bond motifs is 2. The van der Waals surface area contributed by atoms with E-state index in [1.165, 1.54) is 6.07 Å². The van der Waals surface area contributed by atoms with Crippen molar-refractivity contribution in [3.8, 4) is 33.2 Å². The quantitative estimate of drug-likeness (QED) is 0.406. The number of benzene rings is 1. The fraction of sp³-hybridized carbons (Fsp3) is 0. The van der Waals surface area contributed by atoms with E-state index < -0.39 is 0 Å². The number of nitrogens with one attached hydrogen (secondary N) is 2. The summed E-state index contributed by atoms with van der Waals surface area (Å²) in [4.78, 5) is 17.7. The Hall–Kier alpha value is -3.91. The summed E-state index contributed by atoms with van der Waals surface area (Å²) in [5, 5.41) is 8.24. The lowest BCUT2D eigenvalue weighted by Crippen LogP contribution is -1.84. The number of nitrogens with zero attached hydrogens (tertiary/aromatic N) is 4. The van der Waals surface area contributed by atoms with E-state index in [0.29, 0.717) is 22.7 Å². The maximum absolute atomic E-state index is 13.5. The van der Waals surface area contributed by atoms with Gasteiger partial charge in [0, 0.05) is 33.8 Å². The molecule has 0 atom stereocenters. The first-order valence-corrected chi connectivity index (χ1v) is 10.1. The van der Waals surface area contributed by atoms with Crippen molar-refractivity contribution < 1.29 is 4.39 Å². The van der Waals surface area contributed by atoms with Crippen LogP contribution in [0.1, 0.15) is 0 Å². The normalized spacial score (nSPS) is 11.5. The van der Waals surface area contributed by atoms with Crippen LogP contribution < -0.4 is 0 Å². The molecule has 1 aromatic carbocycles. The van der Waals surface area contributed by atoms with Gasteiger partial charge in [0.05, 0.1) is 11.2 Å². The standard InChI is InChI=1S/C22H13FN6S/c23-18-7-6-17(30-18)13-8-10-25-21-19(13)26-22(27-21)20-14-11-12(4-5-16(14)28-29-20)15-3-1-2-9-24-15/h1-11H,(H,28,29)(H,25,26,27). The van der Waals surface area contributed by atoms with Crippen LogP contribution in [0.3, 0.4) is 0 Å². The molecule has 2 N–H and O–H groups in total. The molecular weight excluding hydrogens is 399 g/mol. The summed E-state index contributed by atoms with van der Waals surface area (Å²) in [7, 11) is 0. The van der Waals surface area contributed by atoms with E-state index in [9.17, 15) is 4.39 Å². The summed E-state index contributed by atoms with van der Waals surface area (Å²) in [5.41, 5.74) is 5.64. The summed E-state index contributed by atoms with van der Waals surface area (Å²) >= 11 is 1.09. The molecule has 0 radical (unpaired) electrons. The number of hydrogen-bond acceptors (Lipinski definition) is 5. The van der Waals surface area contributed by atoms with Gasteiger partial charge in [-0.3, -0.25) is 10.1 Å². The fourth-order valence-electron chi connectivity index (χ4n) is 3.57. The van der Waals surface area contributed by atoms with Gasteiger partial charge in [-0.1, -0.05) is 12.1 Å². The Bertz CT molecular complexity index is 1520. The highest BCUT2D eigenvalue weighted by molar-refractivity contribution is 7.14. The lowest BCUT2D eigenvalue weighted by atomic mass is 10.1. The third-order valence-corrected chi connectivity index (χ3v) is 5.88. The smallest absolute Gasteiger partial charge is 0.176 e. The first kappa shape index (κ1) is 17.0. The molecule has 6 nitrogen and oxygen atoms in total. The Morgan fingerprint density at radius 1 is 0.933 bits per heavy atom. The Morgan fingerprint density at radius 2 is 1.90 bits per heavy atom. The van der Waals surface area contributed by atoms with Crippen LogP contribution >= 0.6 is 11.3 Å². The van der Waals surface area contributed by atoms with Gasteiger partial charge in [0.1, 0.15) is 11.2 Å². The van der Waals surface area contributed by atoms with Crippen LogP contribution in [0.5, 0.6) is 0 Å². The zero-order valence-electron chi connectivity index (χ0n) is 15.4. The van der Waals surface area contributed by atoms with Crippen molar-refractivity contribution >= 4 is 33.4 Å². The van der Waals surface area contributed by atoms with Gasteiger partial charge in [0.15, 0.2) is 16.6 Å². The van der Waals surface area contributed by atoms with E-state index in [1.807, 2.05) is 42.5 Å². The number of hydrogen-bond donors (Lipinski definition) is 2. The molecule has 6 aromatic rings. The van der Waals surface area contributed by atoms with Gasteiger partial charge < -0.3 is 4.98 Å². The predicted molar refractivity (Wildman–Crippen MR) is 115 cm³/mol. The van der Waals surface area contributed by atoms with Gasteiger partial charge in [-0.05, 0) is 42.5 Å². The zero-order valence-corrected chi connectivity index (χ0v) is 16.2. The van der Waals surface area contributed by atoms with Crippen LogP contribution in [0.15, 0.2) is 67.0 Å². The van der Waals surface area contributed by atoms with Crippen molar-refractivity contribution in [1.82, 2.24) is 30.1 Å². The topological polar surface area (TPSA) is 83.1 Å². The zero-order chi connectivity index (χ0) is 20.1. The highest BCUT2D eigenvalue weighted by Gasteiger charge is 2.17. The molecule has 0 unspecified atom stereocenters. The third kappa shape index (κ3) is 2.69. The minimum atomic E-state index is -0.230. The van der Waals surface area contributed by atoms with Gasteiger partial charge in [-0.25, -0.2) is 9.97 Å². The van der Waals surface area contributed by atoms with E-state index in [-0.39, 0.29) is 5.13 Å². The van der Waals surface area contributed by atoms with Crippen LogP contribution in [-0.4, -0.2) is 30.1 Å². The van der Waals surface area contributed by atoms with E-state index >= 15 is 0 Å². The molecule has 0 amide bonds.